The third-order valence-electron chi connectivity index (χ3n) is 5.07. The zero-order chi connectivity index (χ0) is 23.5. The van der Waals surface area contributed by atoms with E-state index in [1.807, 2.05) is 0 Å². The van der Waals surface area contributed by atoms with Crippen LogP contribution in [0.1, 0.15) is 38.4 Å². The zero-order valence-corrected chi connectivity index (χ0v) is 18.8. The van der Waals surface area contributed by atoms with Gasteiger partial charge in [-0.2, -0.15) is 15.1 Å². The molecule has 2 aliphatic rings. The van der Waals surface area contributed by atoms with Crippen molar-refractivity contribution in [2.45, 2.75) is 32.6 Å². The monoisotopic (exact) mass is 467 g/mol. The number of nitro groups is 1. The molecule has 1 aromatic heterocycles. The summed E-state index contributed by atoms with van der Waals surface area (Å²) in [4.78, 5) is 27.6. The van der Waals surface area contributed by atoms with Crippen LogP contribution in [0.25, 0.3) is 17.4 Å². The smallest absolute Gasteiger partial charge is 0.284 e. The average Bonchev–Trinajstić information content (AvgIpc) is 3.43. The Balaban J connectivity index is 1.60. The molecule has 1 aromatic carbocycles. The lowest BCUT2D eigenvalue weighted by Gasteiger charge is -2.19. The fourth-order valence-corrected chi connectivity index (χ4v) is 4.30. The minimum absolute atomic E-state index is 0.0306. The van der Waals surface area contributed by atoms with Crippen LogP contribution in [0.3, 0.4) is 0 Å². The van der Waals surface area contributed by atoms with E-state index in [9.17, 15) is 14.9 Å². The number of nitrogens with one attached hydrogen (secondary N) is 1. The normalized spacial score (nSPS) is 16.7. The Morgan fingerprint density at radius 1 is 1.30 bits per heavy atom. The number of carbonyl (C=O) groups excluding carboxylic acids is 1. The van der Waals surface area contributed by atoms with Crippen LogP contribution >= 0.6 is 11.8 Å². The van der Waals surface area contributed by atoms with Gasteiger partial charge in [0.1, 0.15) is 22.3 Å². The van der Waals surface area contributed by atoms with Crippen LogP contribution in [-0.2, 0) is 4.79 Å². The van der Waals surface area contributed by atoms with E-state index in [1.54, 1.807) is 18.2 Å². The van der Waals surface area contributed by atoms with Crippen molar-refractivity contribution in [1.82, 2.24) is 5.01 Å². The number of carbonyl (C=O) groups is 1. The van der Waals surface area contributed by atoms with Crippen molar-refractivity contribution in [3.63, 3.8) is 0 Å². The first-order valence-corrected chi connectivity index (χ1v) is 11.1. The molecule has 0 atom stereocenters. The first-order chi connectivity index (χ1) is 15.9. The molecule has 2 aliphatic heterocycles. The molecule has 4 rings (SSSR count). The number of aliphatic imine (C=N–C) groups is 1. The van der Waals surface area contributed by atoms with Gasteiger partial charge in [-0.1, -0.05) is 19.8 Å². The van der Waals surface area contributed by atoms with Crippen LogP contribution in [0.4, 0.5) is 5.69 Å². The van der Waals surface area contributed by atoms with E-state index in [2.05, 4.69) is 17.0 Å². The van der Waals surface area contributed by atoms with E-state index in [0.717, 1.165) is 30.7 Å². The Morgan fingerprint density at radius 3 is 2.85 bits per heavy atom. The third kappa shape index (κ3) is 4.58. The van der Waals surface area contributed by atoms with Gasteiger partial charge < -0.3 is 9.15 Å². The first-order valence-electron chi connectivity index (χ1n) is 10.3. The fraction of sp³-hybridized carbons (Fsp3) is 0.273. The molecule has 0 spiro atoms. The number of rotatable bonds is 8. The van der Waals surface area contributed by atoms with Gasteiger partial charge >= 0.3 is 0 Å². The number of nitro benzene ring substituents is 1. The maximum Gasteiger partial charge on any atom is 0.284 e. The SMILES string of the molecule is CCCCCC1=NN2C(=N)/C(=C/c3ccc(-c4ccc(OC)cc4[N+](=O)[O-])o3)C(=O)N=C2S1. The predicted molar refractivity (Wildman–Crippen MR) is 127 cm³/mol. The van der Waals surface area contributed by atoms with Crippen LogP contribution in [0.2, 0.25) is 0 Å². The Morgan fingerprint density at radius 2 is 2.12 bits per heavy atom. The number of amides is 1. The summed E-state index contributed by atoms with van der Waals surface area (Å²) in [5.74, 6) is 0.227. The zero-order valence-electron chi connectivity index (χ0n) is 18.0. The molecule has 0 bridgehead atoms. The number of amidine groups is 2. The van der Waals surface area contributed by atoms with Gasteiger partial charge in [0.05, 0.1) is 29.2 Å². The second kappa shape index (κ2) is 9.41. The number of fused-ring (bicyclic) bond motifs is 1. The number of nitrogens with zero attached hydrogens (tertiary/aromatic N) is 4. The highest BCUT2D eigenvalue weighted by molar-refractivity contribution is 8.26. The van der Waals surface area contributed by atoms with Gasteiger partial charge in [-0.25, -0.2) is 0 Å². The van der Waals surface area contributed by atoms with Crippen LogP contribution in [-0.4, -0.2) is 39.0 Å². The maximum atomic E-state index is 12.6. The van der Waals surface area contributed by atoms with Crippen molar-refractivity contribution in [2.75, 3.05) is 7.11 Å². The van der Waals surface area contributed by atoms with Gasteiger partial charge in [-0.05, 0) is 54.9 Å². The molecule has 0 saturated heterocycles. The van der Waals surface area contributed by atoms with Crippen molar-refractivity contribution < 1.29 is 18.9 Å². The molecular weight excluding hydrogens is 446 g/mol. The van der Waals surface area contributed by atoms with E-state index in [-0.39, 0.29) is 34.2 Å². The number of thioether (sulfide) groups is 1. The number of benzene rings is 1. The Kier molecular flexibility index (Phi) is 6.40. The standard InChI is InChI=1S/C22H21N5O5S/c1-3-4-5-6-19-25-26-20(23)16(21(28)24-22(26)33-19)11-14-8-10-18(32-14)15-9-7-13(31-2)12-17(15)27(29)30/h7-12,23H,3-6H2,1-2H3/b16-11-,23-20?. The number of furan rings is 1. The molecule has 11 heteroatoms. The maximum absolute atomic E-state index is 12.6. The van der Waals surface area contributed by atoms with Crippen LogP contribution in [0, 0.1) is 15.5 Å². The summed E-state index contributed by atoms with van der Waals surface area (Å²) in [6.07, 6.45) is 5.34. The van der Waals surface area contributed by atoms with Gasteiger partial charge in [0.15, 0.2) is 5.84 Å². The first kappa shape index (κ1) is 22.5. The number of hydrogen-bond donors (Lipinski definition) is 1. The van der Waals surface area contributed by atoms with Crippen molar-refractivity contribution >= 4 is 45.5 Å². The predicted octanol–water partition coefficient (Wildman–Crippen LogP) is 5.06. The topological polar surface area (TPSA) is 134 Å². The number of unbranched alkanes of at least 4 members (excludes halogenated alkanes) is 2. The summed E-state index contributed by atoms with van der Waals surface area (Å²) < 4.78 is 10.8. The molecule has 10 nitrogen and oxygen atoms in total. The third-order valence-corrected chi connectivity index (χ3v) is 6.04. The molecule has 0 radical (unpaired) electrons. The van der Waals surface area contributed by atoms with Crippen LogP contribution in [0.5, 0.6) is 5.75 Å². The molecular formula is C22H21N5O5S. The van der Waals surface area contributed by atoms with Gasteiger partial charge in [-0.3, -0.25) is 20.3 Å². The molecule has 0 aliphatic carbocycles. The van der Waals surface area contributed by atoms with Crippen LogP contribution in [0.15, 0.2) is 50.4 Å². The lowest BCUT2D eigenvalue weighted by molar-refractivity contribution is -0.384. The van der Waals surface area contributed by atoms with Crippen LogP contribution < -0.4 is 4.74 Å². The summed E-state index contributed by atoms with van der Waals surface area (Å²) in [6, 6.07) is 7.60. The molecule has 0 saturated carbocycles. The summed E-state index contributed by atoms with van der Waals surface area (Å²) in [5.41, 5.74) is 0.133. The minimum Gasteiger partial charge on any atom is -0.497 e. The van der Waals surface area contributed by atoms with E-state index in [1.165, 1.54) is 42.1 Å². The van der Waals surface area contributed by atoms with Crippen molar-refractivity contribution in [1.29, 1.82) is 5.41 Å². The second-order valence-electron chi connectivity index (χ2n) is 7.31. The molecule has 3 heterocycles. The number of hydrogen-bond acceptors (Lipinski definition) is 8. The lowest BCUT2D eigenvalue weighted by Crippen LogP contribution is -2.35. The summed E-state index contributed by atoms with van der Waals surface area (Å²) in [6.45, 7) is 2.12. The van der Waals surface area contributed by atoms with Gasteiger partial charge in [0.25, 0.3) is 11.6 Å². The second-order valence-corrected chi connectivity index (χ2v) is 8.35. The summed E-state index contributed by atoms with van der Waals surface area (Å²) in [5, 5.41) is 26.9. The molecule has 170 valence electrons. The van der Waals surface area contributed by atoms with E-state index in [0.29, 0.717) is 10.9 Å². The Labute approximate surface area is 193 Å². The Hall–Kier alpha value is -3.73. The van der Waals surface area contributed by atoms with Gasteiger partial charge in [-0.15, -0.1) is 0 Å². The number of hydrazone groups is 1. The average molecular weight is 468 g/mol. The Bertz CT molecular complexity index is 1230. The van der Waals surface area contributed by atoms with E-state index >= 15 is 0 Å². The van der Waals surface area contributed by atoms with E-state index in [4.69, 9.17) is 14.6 Å². The minimum atomic E-state index is -0.558. The van der Waals surface area contributed by atoms with Crippen molar-refractivity contribution in [3.05, 3.63) is 51.8 Å². The van der Waals surface area contributed by atoms with Crippen molar-refractivity contribution in [2.24, 2.45) is 10.1 Å². The lowest BCUT2D eigenvalue weighted by atomic mass is 10.1. The van der Waals surface area contributed by atoms with E-state index < -0.39 is 10.8 Å². The number of methoxy groups -OCH3 is 1. The summed E-state index contributed by atoms with van der Waals surface area (Å²) >= 11 is 1.31. The van der Waals surface area contributed by atoms with Crippen molar-refractivity contribution in [3.8, 4) is 17.1 Å². The molecule has 0 unspecified atom stereocenters. The largest absolute Gasteiger partial charge is 0.497 e. The fourth-order valence-electron chi connectivity index (χ4n) is 3.37. The highest BCUT2D eigenvalue weighted by atomic mass is 32.2. The molecule has 33 heavy (non-hydrogen) atoms. The molecule has 0 fully saturated rings. The highest BCUT2D eigenvalue weighted by Crippen LogP contribution is 2.35. The van der Waals surface area contributed by atoms with Gasteiger partial charge in [0, 0.05) is 0 Å². The molecule has 2 aromatic rings. The summed E-state index contributed by atoms with van der Waals surface area (Å²) in [7, 11) is 1.43. The highest BCUT2D eigenvalue weighted by Gasteiger charge is 2.35. The van der Waals surface area contributed by atoms with Gasteiger partial charge in [0.2, 0.25) is 5.17 Å². The quantitative estimate of drug-likeness (QED) is 0.248. The molecule has 1 amide bonds. The number of ether oxygens (including phenoxy) is 1. The molecule has 1 N–H and O–H groups in total.